The summed E-state index contributed by atoms with van der Waals surface area (Å²) in [5, 5.41) is 22.5. The van der Waals surface area contributed by atoms with Gasteiger partial charge >= 0.3 is 0 Å². The van der Waals surface area contributed by atoms with Crippen LogP contribution in [-0.4, -0.2) is 24.9 Å². The Bertz CT molecular complexity index is 2750. The van der Waals surface area contributed by atoms with Crippen molar-refractivity contribution in [1.29, 1.82) is 10.5 Å². The molecule has 9 aromatic rings. The first-order chi connectivity index (χ1) is 23.7. The molecule has 0 N–H and O–H groups in total. The maximum Gasteiger partial charge on any atom is 0.234 e. The summed E-state index contributed by atoms with van der Waals surface area (Å²) in [5.74, 6) is 1.73. The van der Waals surface area contributed by atoms with Crippen LogP contribution in [0.3, 0.4) is 0 Å². The summed E-state index contributed by atoms with van der Waals surface area (Å²) in [6.07, 6.45) is 0. The van der Waals surface area contributed by atoms with E-state index >= 15 is 0 Å². The molecule has 4 aromatic heterocycles. The molecule has 0 aliphatic rings. The van der Waals surface area contributed by atoms with Crippen molar-refractivity contribution >= 4 is 53.6 Å². The lowest BCUT2D eigenvalue weighted by atomic mass is 9.99. The zero-order valence-electron chi connectivity index (χ0n) is 24.9. The molecule has 0 bridgehead atoms. The molecule has 0 fully saturated rings. The van der Waals surface area contributed by atoms with Crippen LogP contribution in [0, 0.1) is 22.7 Å². The minimum absolute atomic E-state index is 0.0103. The van der Waals surface area contributed by atoms with E-state index in [4.69, 9.17) is 19.4 Å². The summed E-state index contributed by atoms with van der Waals surface area (Å²) < 4.78 is 7.30. The fourth-order valence-electron chi connectivity index (χ4n) is 6.11. The Kier molecular flexibility index (Phi) is 6.25. The highest BCUT2D eigenvalue weighted by Gasteiger charge is 2.19. The first-order valence-electron chi connectivity index (χ1n) is 15.0. The molecular formula is C39H19N7OS. The van der Waals surface area contributed by atoms with Crippen molar-refractivity contribution in [2.24, 2.45) is 0 Å². The number of hydrogen-bond donors (Lipinski definition) is 0. The molecule has 0 spiro atoms. The van der Waals surface area contributed by atoms with E-state index in [1.54, 1.807) is 0 Å². The molecule has 0 aliphatic carbocycles. The zero-order valence-corrected chi connectivity index (χ0v) is 25.7. The summed E-state index contributed by atoms with van der Waals surface area (Å²) in [5.41, 5.74) is 6.33. The molecular weight excluding hydrogens is 615 g/mol. The number of rotatable bonds is 4. The maximum atomic E-state index is 9.72. The monoisotopic (exact) mass is 633 g/mol. The molecule has 9 rings (SSSR count). The predicted octanol–water partition coefficient (Wildman–Crippen LogP) is 9.34. The van der Waals surface area contributed by atoms with Gasteiger partial charge in [-0.1, -0.05) is 91.0 Å². The molecule has 9 heteroatoms. The maximum absolute atomic E-state index is 9.72. The predicted molar refractivity (Wildman–Crippen MR) is 187 cm³/mol. The van der Waals surface area contributed by atoms with Crippen molar-refractivity contribution in [2.75, 3.05) is 0 Å². The van der Waals surface area contributed by atoms with Gasteiger partial charge in [-0.05, 0) is 35.4 Å². The molecule has 0 unspecified atom stereocenters. The second kappa shape index (κ2) is 10.9. The van der Waals surface area contributed by atoms with Crippen LogP contribution in [0.2, 0.25) is 0 Å². The van der Waals surface area contributed by atoms with E-state index in [1.807, 2.05) is 109 Å². The molecule has 222 valence electrons. The fraction of sp³-hybridized carbons (Fsp3) is 0. The van der Waals surface area contributed by atoms with Gasteiger partial charge in [-0.3, -0.25) is 0 Å². The molecule has 0 saturated heterocycles. The number of furan rings is 1. The molecule has 4 heterocycles. The third kappa shape index (κ3) is 4.46. The van der Waals surface area contributed by atoms with Gasteiger partial charge in [0.2, 0.25) is 5.82 Å². The quantitative estimate of drug-likeness (QED) is 0.188. The van der Waals surface area contributed by atoms with Crippen molar-refractivity contribution in [3.8, 4) is 57.4 Å². The van der Waals surface area contributed by atoms with Crippen molar-refractivity contribution in [3.05, 3.63) is 127 Å². The SMILES string of the molecule is N#Cc1nc(C#N)c2c(n1)sc1cc(-c3ccc4oc5cccc(-c6nc(-c7ccccc7)nc(-c7ccccc7)n6)c5c4c3)ccc12. The van der Waals surface area contributed by atoms with Crippen LogP contribution < -0.4 is 0 Å². The van der Waals surface area contributed by atoms with Crippen molar-refractivity contribution < 1.29 is 4.42 Å². The standard InChI is InChI=1S/C39H19N7OS/c40-20-29-35-26-16-14-25(19-32(26)48-39(35)43-33(21-41)42-29)24-15-17-30-28(18-24)34-27(12-7-13-31(34)47-30)38-45-36(22-8-3-1-4-9-22)44-37(46-38)23-10-5-2-6-11-23/h1-19H. The second-order valence-corrected chi connectivity index (χ2v) is 12.2. The van der Waals surface area contributed by atoms with Crippen LogP contribution in [0.1, 0.15) is 11.5 Å². The smallest absolute Gasteiger partial charge is 0.234 e. The van der Waals surface area contributed by atoms with Gasteiger partial charge in [-0.15, -0.1) is 11.3 Å². The lowest BCUT2D eigenvalue weighted by Crippen LogP contribution is -2.00. The number of fused-ring (bicyclic) bond motifs is 6. The average molecular weight is 634 g/mol. The van der Waals surface area contributed by atoms with Gasteiger partial charge in [-0.2, -0.15) is 10.5 Å². The van der Waals surface area contributed by atoms with Crippen LogP contribution in [0.4, 0.5) is 0 Å². The van der Waals surface area contributed by atoms with Crippen molar-refractivity contribution in [3.63, 3.8) is 0 Å². The topological polar surface area (TPSA) is 125 Å². The molecule has 5 aromatic carbocycles. The minimum Gasteiger partial charge on any atom is -0.456 e. The molecule has 48 heavy (non-hydrogen) atoms. The highest BCUT2D eigenvalue weighted by atomic mass is 32.1. The van der Waals surface area contributed by atoms with E-state index in [2.05, 4.69) is 28.2 Å². The number of thiophene rings is 1. The number of aromatic nitrogens is 5. The molecule has 0 aliphatic heterocycles. The van der Waals surface area contributed by atoms with Gasteiger partial charge in [0.05, 0.1) is 5.39 Å². The van der Waals surface area contributed by atoms with Gasteiger partial charge in [0.25, 0.3) is 0 Å². The molecule has 0 atom stereocenters. The molecule has 0 amide bonds. The van der Waals surface area contributed by atoms with E-state index < -0.39 is 0 Å². The first-order valence-corrected chi connectivity index (χ1v) is 15.9. The van der Waals surface area contributed by atoms with Gasteiger partial charge in [0.1, 0.15) is 28.1 Å². The number of hydrogen-bond acceptors (Lipinski definition) is 9. The Labute approximate surface area is 276 Å². The van der Waals surface area contributed by atoms with Gasteiger partial charge in [-0.25, -0.2) is 24.9 Å². The Morgan fingerprint density at radius 2 is 1.21 bits per heavy atom. The van der Waals surface area contributed by atoms with Crippen molar-refractivity contribution in [2.45, 2.75) is 0 Å². The summed E-state index contributed by atoms with van der Waals surface area (Å²) in [6, 6.07) is 42.1. The third-order valence-electron chi connectivity index (χ3n) is 8.31. The highest BCUT2D eigenvalue weighted by molar-refractivity contribution is 7.25. The summed E-state index contributed by atoms with van der Waals surface area (Å²) >= 11 is 1.44. The molecule has 0 saturated carbocycles. The zero-order chi connectivity index (χ0) is 32.2. The fourth-order valence-corrected chi connectivity index (χ4v) is 7.22. The average Bonchev–Trinajstić information content (AvgIpc) is 3.72. The Morgan fingerprint density at radius 3 is 1.92 bits per heavy atom. The minimum atomic E-state index is -0.0103. The lowest BCUT2D eigenvalue weighted by Gasteiger charge is -2.09. The molecule has 8 nitrogen and oxygen atoms in total. The van der Waals surface area contributed by atoms with Crippen LogP contribution in [-0.2, 0) is 0 Å². The number of benzene rings is 5. The van der Waals surface area contributed by atoms with Crippen LogP contribution in [0.25, 0.3) is 87.5 Å². The summed E-state index contributed by atoms with van der Waals surface area (Å²) in [6.45, 7) is 0. The van der Waals surface area contributed by atoms with E-state index in [1.165, 1.54) is 11.3 Å². The summed E-state index contributed by atoms with van der Waals surface area (Å²) in [7, 11) is 0. The van der Waals surface area contributed by atoms with Gasteiger partial charge < -0.3 is 4.42 Å². The Balaban J connectivity index is 1.23. The summed E-state index contributed by atoms with van der Waals surface area (Å²) in [4.78, 5) is 23.9. The van der Waals surface area contributed by atoms with Gasteiger partial charge in [0.15, 0.2) is 23.2 Å². The van der Waals surface area contributed by atoms with Crippen molar-refractivity contribution in [1.82, 2.24) is 24.9 Å². The normalized spacial score (nSPS) is 11.3. The Morgan fingerprint density at radius 1 is 0.521 bits per heavy atom. The Hall–Kier alpha value is -6.81. The largest absolute Gasteiger partial charge is 0.456 e. The van der Waals surface area contributed by atoms with E-state index in [-0.39, 0.29) is 11.5 Å². The lowest BCUT2D eigenvalue weighted by molar-refractivity contribution is 0.669. The number of nitrogens with zero attached hydrogens (tertiary/aromatic N) is 7. The van der Waals surface area contributed by atoms with E-state index in [0.29, 0.717) is 27.7 Å². The number of nitriles is 2. The molecule has 0 radical (unpaired) electrons. The first kappa shape index (κ1) is 27.5. The van der Waals surface area contributed by atoms with E-state index in [0.717, 1.165) is 59.8 Å². The van der Waals surface area contributed by atoms with Gasteiger partial charge in [0, 0.05) is 37.5 Å². The van der Waals surface area contributed by atoms with Crippen LogP contribution in [0.15, 0.2) is 120 Å². The van der Waals surface area contributed by atoms with Crippen LogP contribution >= 0.6 is 11.3 Å². The van der Waals surface area contributed by atoms with E-state index in [9.17, 15) is 10.5 Å². The van der Waals surface area contributed by atoms with Crippen LogP contribution in [0.5, 0.6) is 0 Å². The second-order valence-electron chi connectivity index (χ2n) is 11.1. The highest BCUT2D eigenvalue weighted by Crippen LogP contribution is 2.40. The third-order valence-corrected chi connectivity index (χ3v) is 9.35.